The highest BCUT2D eigenvalue weighted by Crippen LogP contribution is 2.17. The summed E-state index contributed by atoms with van der Waals surface area (Å²) >= 11 is 0. The number of nitrogens with zero attached hydrogens (tertiary/aromatic N) is 4. The van der Waals surface area contributed by atoms with Crippen LogP contribution in [0.3, 0.4) is 0 Å². The molecule has 0 aromatic heterocycles. The molecule has 8 heteroatoms. The van der Waals surface area contributed by atoms with E-state index in [1.54, 1.807) is 31.1 Å². The minimum atomic E-state index is -0.413. The number of benzene rings is 1. The van der Waals surface area contributed by atoms with Gasteiger partial charge in [0.25, 0.3) is 5.69 Å². The number of hydrogen-bond acceptors (Lipinski definition) is 6. The van der Waals surface area contributed by atoms with E-state index in [1.165, 1.54) is 12.1 Å². The summed E-state index contributed by atoms with van der Waals surface area (Å²) < 4.78 is 5.62. The fourth-order valence-electron chi connectivity index (χ4n) is 2.97. The van der Waals surface area contributed by atoms with Gasteiger partial charge in [-0.2, -0.15) is 0 Å². The van der Waals surface area contributed by atoms with Gasteiger partial charge in [0.05, 0.1) is 18.1 Å². The number of amides is 1. The van der Waals surface area contributed by atoms with Crippen molar-refractivity contribution in [3.05, 3.63) is 34.4 Å². The summed E-state index contributed by atoms with van der Waals surface area (Å²) in [6.45, 7) is 6.14. The highest BCUT2D eigenvalue weighted by Gasteiger charge is 2.19. The molecule has 1 aromatic rings. The Morgan fingerprint density at radius 3 is 2.30 bits per heavy atom. The molecular weight excluding hydrogens is 348 g/mol. The smallest absolute Gasteiger partial charge is 0.269 e. The molecular formula is C19H30N4O4. The van der Waals surface area contributed by atoms with E-state index in [0.717, 1.165) is 52.0 Å². The molecule has 0 aliphatic carbocycles. The van der Waals surface area contributed by atoms with Crippen LogP contribution in [0.4, 0.5) is 5.69 Å². The van der Waals surface area contributed by atoms with Crippen molar-refractivity contribution in [2.45, 2.75) is 19.3 Å². The molecule has 1 amide bonds. The SMILES string of the molecule is CN(C)C(=O)CN1CCN(CCCCCOc2ccc([N+](=O)[O-])cc2)CC1. The maximum Gasteiger partial charge on any atom is 0.269 e. The van der Waals surface area contributed by atoms with Crippen molar-refractivity contribution >= 4 is 11.6 Å². The zero-order chi connectivity index (χ0) is 19.6. The summed E-state index contributed by atoms with van der Waals surface area (Å²) in [5.74, 6) is 0.834. The summed E-state index contributed by atoms with van der Waals surface area (Å²) in [7, 11) is 3.59. The van der Waals surface area contributed by atoms with Gasteiger partial charge in [0.1, 0.15) is 5.75 Å². The van der Waals surface area contributed by atoms with E-state index in [1.807, 2.05) is 0 Å². The van der Waals surface area contributed by atoms with Crippen LogP contribution >= 0.6 is 0 Å². The fourth-order valence-corrected chi connectivity index (χ4v) is 2.97. The average molecular weight is 378 g/mol. The summed E-state index contributed by atoms with van der Waals surface area (Å²) in [4.78, 5) is 28.3. The average Bonchev–Trinajstić information content (AvgIpc) is 2.66. The lowest BCUT2D eigenvalue weighted by Gasteiger charge is -2.34. The molecule has 0 unspecified atom stereocenters. The van der Waals surface area contributed by atoms with Crippen LogP contribution in [0.2, 0.25) is 0 Å². The first-order valence-corrected chi connectivity index (χ1v) is 9.48. The zero-order valence-electron chi connectivity index (χ0n) is 16.3. The van der Waals surface area contributed by atoms with E-state index in [4.69, 9.17) is 4.74 Å². The normalized spacial score (nSPS) is 15.5. The number of ether oxygens (including phenoxy) is 1. The first-order chi connectivity index (χ1) is 13.0. The maximum atomic E-state index is 11.7. The number of rotatable bonds is 10. The number of carbonyl (C=O) groups is 1. The van der Waals surface area contributed by atoms with Crippen LogP contribution in [-0.2, 0) is 4.79 Å². The van der Waals surface area contributed by atoms with Crippen LogP contribution in [0.5, 0.6) is 5.75 Å². The van der Waals surface area contributed by atoms with Crippen molar-refractivity contribution in [3.63, 3.8) is 0 Å². The van der Waals surface area contributed by atoms with Crippen molar-refractivity contribution in [2.24, 2.45) is 0 Å². The Kier molecular flexibility index (Phi) is 8.47. The molecule has 0 radical (unpaired) electrons. The molecule has 0 bridgehead atoms. The highest BCUT2D eigenvalue weighted by atomic mass is 16.6. The van der Waals surface area contributed by atoms with Crippen molar-refractivity contribution in [1.29, 1.82) is 0 Å². The molecule has 1 aromatic carbocycles. The molecule has 8 nitrogen and oxygen atoms in total. The van der Waals surface area contributed by atoms with Crippen molar-refractivity contribution in [3.8, 4) is 5.75 Å². The van der Waals surface area contributed by atoms with Crippen LogP contribution in [0, 0.1) is 10.1 Å². The van der Waals surface area contributed by atoms with Gasteiger partial charge in [-0.05, 0) is 37.9 Å². The van der Waals surface area contributed by atoms with Gasteiger partial charge in [-0.3, -0.25) is 19.8 Å². The van der Waals surface area contributed by atoms with Crippen LogP contribution in [0.15, 0.2) is 24.3 Å². The van der Waals surface area contributed by atoms with E-state index in [0.29, 0.717) is 18.9 Å². The van der Waals surface area contributed by atoms with Gasteiger partial charge in [0.2, 0.25) is 5.91 Å². The molecule has 1 fully saturated rings. The van der Waals surface area contributed by atoms with Gasteiger partial charge in [-0.1, -0.05) is 0 Å². The van der Waals surface area contributed by atoms with Crippen LogP contribution in [-0.4, -0.2) is 85.5 Å². The van der Waals surface area contributed by atoms with Crippen LogP contribution < -0.4 is 4.74 Å². The van der Waals surface area contributed by atoms with Gasteiger partial charge in [0, 0.05) is 52.4 Å². The zero-order valence-corrected chi connectivity index (χ0v) is 16.3. The van der Waals surface area contributed by atoms with Gasteiger partial charge in [0.15, 0.2) is 0 Å². The molecule has 0 atom stereocenters. The lowest BCUT2D eigenvalue weighted by molar-refractivity contribution is -0.384. The summed E-state index contributed by atoms with van der Waals surface area (Å²) in [5.41, 5.74) is 0.0773. The number of nitro benzene ring substituents is 1. The number of piperazine rings is 1. The molecule has 0 N–H and O–H groups in total. The Balaban J connectivity index is 1.51. The van der Waals surface area contributed by atoms with E-state index in [9.17, 15) is 14.9 Å². The third-order valence-electron chi connectivity index (χ3n) is 4.76. The van der Waals surface area contributed by atoms with Gasteiger partial charge in [-0.15, -0.1) is 0 Å². The van der Waals surface area contributed by atoms with Crippen molar-refractivity contribution < 1.29 is 14.5 Å². The van der Waals surface area contributed by atoms with Gasteiger partial charge >= 0.3 is 0 Å². The van der Waals surface area contributed by atoms with E-state index >= 15 is 0 Å². The molecule has 0 spiro atoms. The van der Waals surface area contributed by atoms with E-state index in [2.05, 4.69) is 9.80 Å². The predicted molar refractivity (Wildman–Crippen MR) is 104 cm³/mol. The minimum absolute atomic E-state index is 0.0773. The molecule has 1 saturated heterocycles. The minimum Gasteiger partial charge on any atom is -0.494 e. The van der Waals surface area contributed by atoms with Crippen LogP contribution in [0.1, 0.15) is 19.3 Å². The number of carbonyl (C=O) groups excluding carboxylic acids is 1. The third-order valence-corrected chi connectivity index (χ3v) is 4.76. The van der Waals surface area contributed by atoms with Crippen molar-refractivity contribution in [2.75, 3.05) is 60.0 Å². The van der Waals surface area contributed by atoms with E-state index in [-0.39, 0.29) is 11.6 Å². The lowest BCUT2D eigenvalue weighted by atomic mass is 10.2. The Morgan fingerprint density at radius 2 is 1.70 bits per heavy atom. The molecule has 27 heavy (non-hydrogen) atoms. The summed E-state index contributed by atoms with van der Waals surface area (Å²) in [6, 6.07) is 6.19. The molecule has 2 rings (SSSR count). The standard InChI is InChI=1S/C19H30N4O4/c1-20(2)19(24)16-22-13-11-21(12-14-22)10-4-3-5-15-27-18-8-6-17(7-9-18)23(25)26/h6-9H,3-5,10-16H2,1-2H3. The monoisotopic (exact) mass is 378 g/mol. The second-order valence-electron chi connectivity index (χ2n) is 7.07. The Labute approximate surface area is 160 Å². The van der Waals surface area contributed by atoms with Gasteiger partial charge < -0.3 is 14.5 Å². The second kappa shape index (κ2) is 10.8. The first kappa shape index (κ1) is 21.1. The number of non-ortho nitro benzene ring substituents is 1. The number of nitro groups is 1. The predicted octanol–water partition coefficient (Wildman–Crippen LogP) is 1.85. The summed E-state index contributed by atoms with van der Waals surface area (Å²) in [6.07, 6.45) is 3.18. The highest BCUT2D eigenvalue weighted by molar-refractivity contribution is 5.77. The molecule has 1 aliphatic heterocycles. The number of unbranched alkanes of at least 4 members (excludes halogenated alkanes) is 2. The second-order valence-corrected chi connectivity index (χ2v) is 7.07. The fraction of sp³-hybridized carbons (Fsp3) is 0.632. The number of hydrogen-bond donors (Lipinski definition) is 0. The van der Waals surface area contributed by atoms with Gasteiger partial charge in [-0.25, -0.2) is 0 Å². The quantitative estimate of drug-likeness (QED) is 0.351. The molecule has 0 saturated carbocycles. The van der Waals surface area contributed by atoms with E-state index < -0.39 is 4.92 Å². The third kappa shape index (κ3) is 7.52. The Morgan fingerprint density at radius 1 is 1.07 bits per heavy atom. The van der Waals surface area contributed by atoms with Crippen LogP contribution in [0.25, 0.3) is 0 Å². The molecule has 150 valence electrons. The summed E-state index contributed by atoms with van der Waals surface area (Å²) in [5, 5.41) is 10.6. The molecule has 1 aliphatic rings. The maximum absolute atomic E-state index is 11.7. The Hall–Kier alpha value is -2.19. The first-order valence-electron chi connectivity index (χ1n) is 9.48. The van der Waals surface area contributed by atoms with Crippen molar-refractivity contribution in [1.82, 2.24) is 14.7 Å². The largest absolute Gasteiger partial charge is 0.494 e. The molecule has 1 heterocycles. The topological polar surface area (TPSA) is 79.2 Å². The Bertz CT molecular complexity index is 598. The lowest BCUT2D eigenvalue weighted by Crippen LogP contribution is -2.49. The number of likely N-dealkylation sites (N-methyl/N-ethyl adjacent to an activating group) is 1.